The Hall–Kier alpha value is -2.39. The maximum Gasteiger partial charge on any atom is 0.100 e. The molecule has 27 heavy (non-hydrogen) atoms. The maximum absolute atomic E-state index is 9.39. The Kier molecular flexibility index (Phi) is 5.40. The molecule has 3 heteroatoms. The molecule has 1 saturated carbocycles. The highest BCUT2D eigenvalue weighted by Crippen LogP contribution is 2.36. The van der Waals surface area contributed by atoms with E-state index in [0.29, 0.717) is 18.4 Å². The van der Waals surface area contributed by atoms with E-state index >= 15 is 0 Å². The van der Waals surface area contributed by atoms with Crippen LogP contribution in [0.25, 0.3) is 22.4 Å². The molecular weight excluding hydrogens is 332 g/mol. The quantitative estimate of drug-likeness (QED) is 0.668. The second kappa shape index (κ2) is 8.10. The van der Waals surface area contributed by atoms with Gasteiger partial charge in [-0.3, -0.25) is 4.68 Å². The van der Waals surface area contributed by atoms with E-state index < -0.39 is 0 Å². The van der Waals surface area contributed by atoms with Gasteiger partial charge in [0.15, 0.2) is 0 Å². The molecule has 0 amide bonds. The van der Waals surface area contributed by atoms with Gasteiger partial charge < -0.3 is 5.11 Å². The van der Waals surface area contributed by atoms with Crippen molar-refractivity contribution in [2.75, 3.05) is 6.61 Å². The van der Waals surface area contributed by atoms with Gasteiger partial charge in [-0.2, -0.15) is 5.10 Å². The lowest BCUT2D eigenvalue weighted by Crippen LogP contribution is -2.21. The van der Waals surface area contributed by atoms with E-state index in [1.54, 1.807) is 0 Å². The molecule has 0 spiro atoms. The number of aromatic nitrogens is 2. The molecule has 0 aliphatic heterocycles. The van der Waals surface area contributed by atoms with Crippen LogP contribution < -0.4 is 0 Å². The largest absolute Gasteiger partial charge is 0.396 e. The zero-order chi connectivity index (χ0) is 18.6. The molecule has 1 aromatic heterocycles. The van der Waals surface area contributed by atoms with Crippen molar-refractivity contribution in [3.63, 3.8) is 0 Å². The van der Waals surface area contributed by atoms with Gasteiger partial charge in [-0.15, -0.1) is 0 Å². The maximum atomic E-state index is 9.39. The Balaban J connectivity index is 1.68. The van der Waals surface area contributed by atoms with Crippen LogP contribution in [0, 0.1) is 18.8 Å². The zero-order valence-electron chi connectivity index (χ0n) is 16.0. The summed E-state index contributed by atoms with van der Waals surface area (Å²) in [5.41, 5.74) is 5.95. The number of nitrogens with zero attached hydrogens (tertiary/aromatic N) is 2. The SMILES string of the molecule is Cc1c(-c2ccccc2)c(-c2ccccc2)nn1C[C@H]1CC[C@H](CO)CC1. The van der Waals surface area contributed by atoms with Crippen molar-refractivity contribution in [3.8, 4) is 22.4 Å². The van der Waals surface area contributed by atoms with Crippen LogP contribution in [0.1, 0.15) is 31.4 Å². The molecule has 0 radical (unpaired) electrons. The lowest BCUT2D eigenvalue weighted by molar-refractivity contribution is 0.159. The second-order valence-corrected chi connectivity index (χ2v) is 7.79. The minimum absolute atomic E-state index is 0.337. The van der Waals surface area contributed by atoms with Crippen LogP contribution in [0.2, 0.25) is 0 Å². The summed E-state index contributed by atoms with van der Waals surface area (Å²) in [6.45, 7) is 3.50. The summed E-state index contributed by atoms with van der Waals surface area (Å²) in [5, 5.41) is 14.4. The first-order valence-corrected chi connectivity index (χ1v) is 10.1. The summed E-state index contributed by atoms with van der Waals surface area (Å²) in [6.07, 6.45) is 4.65. The Morgan fingerprint density at radius 2 is 1.41 bits per heavy atom. The summed E-state index contributed by atoms with van der Waals surface area (Å²) in [7, 11) is 0. The molecule has 1 N–H and O–H groups in total. The lowest BCUT2D eigenvalue weighted by Gasteiger charge is -2.27. The molecule has 1 aliphatic rings. The monoisotopic (exact) mass is 360 g/mol. The van der Waals surface area contributed by atoms with E-state index in [0.717, 1.165) is 25.1 Å². The van der Waals surface area contributed by atoms with Gasteiger partial charge in [0.05, 0.1) is 0 Å². The van der Waals surface area contributed by atoms with E-state index in [2.05, 4.69) is 72.3 Å². The smallest absolute Gasteiger partial charge is 0.100 e. The minimum Gasteiger partial charge on any atom is -0.396 e. The third-order valence-corrected chi connectivity index (χ3v) is 5.97. The van der Waals surface area contributed by atoms with Gasteiger partial charge in [0.25, 0.3) is 0 Å². The van der Waals surface area contributed by atoms with E-state index in [1.807, 2.05) is 0 Å². The van der Waals surface area contributed by atoms with Crippen LogP contribution in [-0.2, 0) is 6.54 Å². The molecular formula is C24H28N2O. The summed E-state index contributed by atoms with van der Waals surface area (Å²) in [6, 6.07) is 21.1. The van der Waals surface area contributed by atoms with Crippen LogP contribution in [0.5, 0.6) is 0 Å². The summed E-state index contributed by atoms with van der Waals surface area (Å²) in [5.74, 6) is 1.15. The molecule has 4 rings (SSSR count). The number of hydrogen-bond donors (Lipinski definition) is 1. The predicted molar refractivity (Wildman–Crippen MR) is 110 cm³/mol. The van der Waals surface area contributed by atoms with Crippen LogP contribution >= 0.6 is 0 Å². The minimum atomic E-state index is 0.337. The van der Waals surface area contributed by atoms with Crippen molar-refractivity contribution in [3.05, 3.63) is 66.4 Å². The lowest BCUT2D eigenvalue weighted by atomic mass is 9.82. The van der Waals surface area contributed by atoms with Crippen molar-refractivity contribution in [2.45, 2.75) is 39.2 Å². The number of aliphatic hydroxyl groups is 1. The highest BCUT2D eigenvalue weighted by molar-refractivity contribution is 5.82. The Labute approximate surface area is 161 Å². The van der Waals surface area contributed by atoms with Gasteiger partial charge in [0.2, 0.25) is 0 Å². The molecule has 1 aliphatic carbocycles. The van der Waals surface area contributed by atoms with E-state index in [4.69, 9.17) is 5.10 Å². The molecule has 3 nitrogen and oxygen atoms in total. The van der Waals surface area contributed by atoms with Crippen LogP contribution in [0.15, 0.2) is 60.7 Å². The molecule has 2 aromatic carbocycles. The standard InChI is InChI=1S/C24H28N2O/c1-18-23(21-8-4-2-5-9-21)24(22-10-6-3-7-11-22)25-26(18)16-19-12-14-20(17-27)15-13-19/h2-11,19-20,27H,12-17H2,1H3/t19-,20-. The fourth-order valence-corrected chi connectivity index (χ4v) is 4.31. The van der Waals surface area contributed by atoms with Gasteiger partial charge in [0.1, 0.15) is 5.69 Å². The molecule has 3 aromatic rings. The van der Waals surface area contributed by atoms with Gasteiger partial charge in [-0.05, 0) is 50.0 Å². The molecule has 0 saturated heterocycles. The van der Waals surface area contributed by atoms with Crippen LogP contribution in [0.4, 0.5) is 0 Å². The van der Waals surface area contributed by atoms with Crippen molar-refractivity contribution in [2.24, 2.45) is 11.8 Å². The Morgan fingerprint density at radius 3 is 2.00 bits per heavy atom. The third kappa shape index (κ3) is 3.84. The average molecular weight is 361 g/mol. The van der Waals surface area contributed by atoms with Crippen LogP contribution in [-0.4, -0.2) is 21.5 Å². The normalized spacial score (nSPS) is 19.9. The summed E-state index contributed by atoms with van der Waals surface area (Å²) >= 11 is 0. The van der Waals surface area contributed by atoms with Gasteiger partial charge >= 0.3 is 0 Å². The first-order chi connectivity index (χ1) is 13.3. The van der Waals surface area contributed by atoms with E-state index in [-0.39, 0.29) is 0 Å². The predicted octanol–water partition coefficient (Wildman–Crippen LogP) is 5.32. The van der Waals surface area contributed by atoms with Gasteiger partial charge in [0, 0.05) is 30.0 Å². The Bertz CT molecular complexity index is 862. The number of benzene rings is 2. The fraction of sp³-hybridized carbons (Fsp3) is 0.375. The first-order valence-electron chi connectivity index (χ1n) is 10.1. The molecule has 0 unspecified atom stereocenters. The highest BCUT2D eigenvalue weighted by atomic mass is 16.3. The molecule has 0 atom stereocenters. The highest BCUT2D eigenvalue weighted by Gasteiger charge is 2.24. The number of hydrogen-bond acceptors (Lipinski definition) is 2. The third-order valence-electron chi connectivity index (χ3n) is 5.97. The van der Waals surface area contributed by atoms with Crippen molar-refractivity contribution >= 4 is 0 Å². The van der Waals surface area contributed by atoms with Crippen molar-refractivity contribution in [1.29, 1.82) is 0 Å². The molecule has 1 heterocycles. The molecule has 0 bridgehead atoms. The number of rotatable bonds is 5. The fourth-order valence-electron chi connectivity index (χ4n) is 4.31. The zero-order valence-corrected chi connectivity index (χ0v) is 16.0. The van der Waals surface area contributed by atoms with Crippen LogP contribution in [0.3, 0.4) is 0 Å². The number of aliphatic hydroxyl groups excluding tert-OH is 1. The van der Waals surface area contributed by atoms with E-state index in [1.165, 1.54) is 35.2 Å². The van der Waals surface area contributed by atoms with Crippen molar-refractivity contribution < 1.29 is 5.11 Å². The van der Waals surface area contributed by atoms with Gasteiger partial charge in [-0.1, -0.05) is 60.7 Å². The summed E-state index contributed by atoms with van der Waals surface area (Å²) in [4.78, 5) is 0. The first kappa shape index (κ1) is 18.0. The average Bonchev–Trinajstić information content (AvgIpc) is 3.06. The topological polar surface area (TPSA) is 38.0 Å². The molecule has 1 fully saturated rings. The van der Waals surface area contributed by atoms with Gasteiger partial charge in [-0.25, -0.2) is 0 Å². The van der Waals surface area contributed by atoms with E-state index in [9.17, 15) is 5.11 Å². The molecule has 140 valence electrons. The summed E-state index contributed by atoms with van der Waals surface area (Å²) < 4.78 is 2.22. The Morgan fingerprint density at radius 1 is 0.852 bits per heavy atom. The van der Waals surface area contributed by atoms with Crippen molar-refractivity contribution in [1.82, 2.24) is 9.78 Å². The second-order valence-electron chi connectivity index (χ2n) is 7.79.